The van der Waals surface area contributed by atoms with Gasteiger partial charge in [0.1, 0.15) is 5.60 Å². The molecule has 0 amide bonds. The number of hydrogen-bond acceptors (Lipinski definition) is 2. The minimum Gasteiger partial charge on any atom is -0.459 e. The highest BCUT2D eigenvalue weighted by Crippen LogP contribution is 2.72. The van der Waals surface area contributed by atoms with Crippen molar-refractivity contribution in [3.8, 4) is 0 Å². The van der Waals surface area contributed by atoms with E-state index in [4.69, 9.17) is 4.74 Å². The Morgan fingerprint density at radius 1 is 0.848 bits per heavy atom. The average molecular weight is 451 g/mol. The van der Waals surface area contributed by atoms with Crippen LogP contribution in [0.3, 0.4) is 0 Å². The molecule has 8 aliphatic rings. The van der Waals surface area contributed by atoms with Gasteiger partial charge in [0.2, 0.25) is 0 Å². The molecule has 14 unspecified atom stereocenters. The van der Waals surface area contributed by atoms with E-state index in [1.54, 1.807) is 25.7 Å². The van der Waals surface area contributed by atoms with Crippen LogP contribution in [0, 0.1) is 76.4 Å². The van der Waals surface area contributed by atoms with Crippen molar-refractivity contribution in [1.29, 1.82) is 0 Å². The summed E-state index contributed by atoms with van der Waals surface area (Å²) >= 11 is 0. The van der Waals surface area contributed by atoms with Crippen LogP contribution in [0.5, 0.6) is 0 Å². The number of carbonyl (C=O) groups excluding carboxylic acids is 1. The Kier molecular flexibility index (Phi) is 4.64. The monoisotopic (exact) mass is 450 g/mol. The van der Waals surface area contributed by atoms with Gasteiger partial charge >= 0.3 is 5.97 Å². The molecule has 0 aromatic rings. The summed E-state index contributed by atoms with van der Waals surface area (Å²) < 4.78 is 6.41. The molecule has 0 aromatic heterocycles. The Hall–Kier alpha value is -0.790. The lowest BCUT2D eigenvalue weighted by atomic mass is 9.58. The molecular weight excluding hydrogens is 404 g/mol. The average Bonchev–Trinajstić information content (AvgIpc) is 3.59. The van der Waals surface area contributed by atoms with Crippen LogP contribution in [0.4, 0.5) is 0 Å². The fraction of sp³-hybridized carbons (Fsp3) is 0.903. The lowest BCUT2D eigenvalue weighted by molar-refractivity contribution is -0.185. The van der Waals surface area contributed by atoms with Gasteiger partial charge in [-0.3, -0.25) is 4.79 Å². The standard InChI is InChI=1S/C23H32O2.C8H14/c1-12-17-10-18(20-15-6-5-14(9-15)19(17)20)23(12,3)21(24)25-22(2)11-13-4-7-16(22)8-13;1-6-4-7-2-3-8(6)5-7/h5-6,12-20H,4,7-11H2,1-3H3;6-8H,2-5H2,1H3. The molecule has 14 atom stereocenters. The smallest absolute Gasteiger partial charge is 0.312 e. The molecule has 0 aliphatic heterocycles. The van der Waals surface area contributed by atoms with Crippen LogP contribution in [0.1, 0.15) is 91.9 Å². The third-order valence-electron chi connectivity index (χ3n) is 13.4. The summed E-state index contributed by atoms with van der Waals surface area (Å²) in [5.41, 5.74) is -0.409. The van der Waals surface area contributed by atoms with Crippen LogP contribution in [0.25, 0.3) is 0 Å². The summed E-state index contributed by atoms with van der Waals surface area (Å²) in [6, 6.07) is 0. The van der Waals surface area contributed by atoms with Crippen molar-refractivity contribution >= 4 is 5.97 Å². The minimum absolute atomic E-state index is 0.160. The fourth-order valence-corrected chi connectivity index (χ4v) is 11.5. The second kappa shape index (κ2) is 7.13. The summed E-state index contributed by atoms with van der Waals surface area (Å²) in [6.07, 6.45) is 18.9. The maximum absolute atomic E-state index is 13.6. The Morgan fingerprint density at radius 3 is 2.18 bits per heavy atom. The third kappa shape index (κ3) is 2.88. The van der Waals surface area contributed by atoms with Crippen molar-refractivity contribution in [2.75, 3.05) is 0 Å². The van der Waals surface area contributed by atoms with Gasteiger partial charge < -0.3 is 4.74 Å². The van der Waals surface area contributed by atoms with Crippen LogP contribution < -0.4 is 0 Å². The van der Waals surface area contributed by atoms with Gasteiger partial charge in [0.25, 0.3) is 0 Å². The van der Waals surface area contributed by atoms with E-state index < -0.39 is 0 Å². The molecule has 8 aliphatic carbocycles. The summed E-state index contributed by atoms with van der Waals surface area (Å²) in [4.78, 5) is 13.6. The van der Waals surface area contributed by atoms with E-state index in [0.717, 1.165) is 59.7 Å². The Morgan fingerprint density at radius 2 is 1.61 bits per heavy atom. The SMILES string of the molecule is CC1C2CC(C3C4C=CC(C4)C23)C1(C)C(=O)OC1(C)CC2CCC1C2.CC1CC2CCC1C2. The molecule has 7 saturated carbocycles. The van der Waals surface area contributed by atoms with Gasteiger partial charge in [0.15, 0.2) is 0 Å². The summed E-state index contributed by atoms with van der Waals surface area (Å²) in [7, 11) is 0. The largest absolute Gasteiger partial charge is 0.459 e. The molecule has 0 saturated heterocycles. The van der Waals surface area contributed by atoms with Crippen LogP contribution in [0.15, 0.2) is 12.2 Å². The first-order chi connectivity index (χ1) is 15.8. The first-order valence-electron chi connectivity index (χ1n) is 14.7. The van der Waals surface area contributed by atoms with Gasteiger partial charge in [-0.2, -0.15) is 0 Å². The topological polar surface area (TPSA) is 26.3 Å². The number of hydrogen-bond donors (Lipinski definition) is 0. The summed E-state index contributed by atoms with van der Waals surface area (Å²) in [6.45, 7) is 9.29. The predicted octanol–water partition coefficient (Wildman–Crippen LogP) is 7.28. The fourth-order valence-electron chi connectivity index (χ4n) is 11.5. The quantitative estimate of drug-likeness (QED) is 0.251. The van der Waals surface area contributed by atoms with E-state index in [1.807, 2.05) is 0 Å². The van der Waals surface area contributed by atoms with Crippen LogP contribution in [-0.2, 0) is 9.53 Å². The number of rotatable bonds is 2. The van der Waals surface area contributed by atoms with E-state index in [1.165, 1.54) is 32.1 Å². The molecule has 7 fully saturated rings. The van der Waals surface area contributed by atoms with Crippen molar-refractivity contribution in [3.05, 3.63) is 12.2 Å². The zero-order valence-electron chi connectivity index (χ0n) is 21.5. The minimum atomic E-state index is -0.241. The number of fused-ring (bicyclic) bond motifs is 13. The van der Waals surface area contributed by atoms with Crippen molar-refractivity contribution < 1.29 is 9.53 Å². The third-order valence-corrected chi connectivity index (χ3v) is 13.4. The molecule has 0 heterocycles. The number of carbonyl (C=O) groups is 1. The maximum atomic E-state index is 13.6. The van der Waals surface area contributed by atoms with Crippen molar-refractivity contribution in [2.45, 2.75) is 97.5 Å². The predicted molar refractivity (Wildman–Crippen MR) is 131 cm³/mol. The lowest BCUT2D eigenvalue weighted by Gasteiger charge is -2.47. The summed E-state index contributed by atoms with van der Waals surface area (Å²) in [5, 5.41) is 0. The van der Waals surface area contributed by atoms with Crippen molar-refractivity contribution in [2.24, 2.45) is 76.4 Å². The second-order valence-corrected chi connectivity index (χ2v) is 14.6. The van der Waals surface area contributed by atoms with Gasteiger partial charge in [0, 0.05) is 0 Å². The highest BCUT2D eigenvalue weighted by atomic mass is 16.6. The zero-order chi connectivity index (χ0) is 22.7. The Balaban J connectivity index is 0.000000200. The van der Waals surface area contributed by atoms with E-state index in [9.17, 15) is 4.79 Å². The second-order valence-electron chi connectivity index (χ2n) is 14.6. The molecule has 0 N–H and O–H groups in total. The van der Waals surface area contributed by atoms with Gasteiger partial charge in [-0.1, -0.05) is 32.4 Å². The molecule has 8 bridgehead atoms. The van der Waals surface area contributed by atoms with Gasteiger partial charge in [-0.05, 0) is 143 Å². The van der Waals surface area contributed by atoms with E-state index in [0.29, 0.717) is 17.8 Å². The molecule has 2 nitrogen and oxygen atoms in total. The normalized spacial score (nSPS) is 60.4. The number of allylic oxidation sites excluding steroid dienone is 2. The molecule has 2 heteroatoms. The lowest BCUT2D eigenvalue weighted by Crippen LogP contribution is -2.51. The number of esters is 1. The Bertz CT molecular complexity index is 859. The van der Waals surface area contributed by atoms with E-state index in [-0.39, 0.29) is 17.0 Å². The molecular formula is C31H46O2. The molecule has 33 heavy (non-hydrogen) atoms. The van der Waals surface area contributed by atoms with Crippen LogP contribution in [0.2, 0.25) is 0 Å². The maximum Gasteiger partial charge on any atom is 0.312 e. The summed E-state index contributed by atoms with van der Waals surface area (Å²) in [5.74, 6) is 9.96. The van der Waals surface area contributed by atoms with Crippen LogP contribution >= 0.6 is 0 Å². The van der Waals surface area contributed by atoms with E-state index >= 15 is 0 Å². The zero-order valence-corrected chi connectivity index (χ0v) is 21.5. The molecule has 0 spiro atoms. The highest BCUT2D eigenvalue weighted by molar-refractivity contribution is 5.79. The van der Waals surface area contributed by atoms with Gasteiger partial charge in [-0.25, -0.2) is 0 Å². The van der Waals surface area contributed by atoms with Gasteiger partial charge in [0.05, 0.1) is 5.41 Å². The first-order valence-corrected chi connectivity index (χ1v) is 14.7. The Labute approximate surface area is 201 Å². The van der Waals surface area contributed by atoms with Crippen LogP contribution in [-0.4, -0.2) is 11.6 Å². The molecule has 0 radical (unpaired) electrons. The van der Waals surface area contributed by atoms with Crippen molar-refractivity contribution in [1.82, 2.24) is 0 Å². The first kappa shape index (κ1) is 21.5. The van der Waals surface area contributed by atoms with Crippen molar-refractivity contribution in [3.63, 3.8) is 0 Å². The van der Waals surface area contributed by atoms with E-state index in [2.05, 4.69) is 39.8 Å². The molecule has 0 aromatic carbocycles. The molecule has 182 valence electrons. The molecule has 8 rings (SSSR count). The highest BCUT2D eigenvalue weighted by Gasteiger charge is 2.70. The van der Waals surface area contributed by atoms with Gasteiger partial charge in [-0.15, -0.1) is 0 Å². The number of ether oxygens (including phenoxy) is 1.